The second-order valence-electron chi connectivity index (χ2n) is 7.14. The summed E-state index contributed by atoms with van der Waals surface area (Å²) in [6.45, 7) is 3.71. The zero-order chi connectivity index (χ0) is 19.7. The zero-order valence-corrected chi connectivity index (χ0v) is 15.6. The summed E-state index contributed by atoms with van der Waals surface area (Å²) in [5.74, 6) is -0.325. The van der Waals surface area contributed by atoms with E-state index in [0.29, 0.717) is 16.9 Å². The summed E-state index contributed by atoms with van der Waals surface area (Å²) in [7, 11) is 0. The van der Waals surface area contributed by atoms with Crippen molar-refractivity contribution in [2.24, 2.45) is 0 Å². The summed E-state index contributed by atoms with van der Waals surface area (Å²) in [6.07, 6.45) is 6.42. The Kier molecular flexibility index (Phi) is 4.40. The number of anilines is 1. The van der Waals surface area contributed by atoms with Gasteiger partial charge in [0.15, 0.2) is 5.65 Å². The Hall–Kier alpha value is -3.52. The number of fused-ring (bicyclic) bond motifs is 1. The third kappa shape index (κ3) is 3.49. The lowest BCUT2D eigenvalue weighted by atomic mass is 10.1. The van der Waals surface area contributed by atoms with Crippen molar-refractivity contribution in [1.29, 1.82) is 0 Å². The highest BCUT2D eigenvalue weighted by Crippen LogP contribution is 2.29. The lowest BCUT2D eigenvalue weighted by Gasteiger charge is -2.19. The quantitative estimate of drug-likeness (QED) is 0.558. The van der Waals surface area contributed by atoms with Crippen molar-refractivity contribution < 1.29 is 9.90 Å². The van der Waals surface area contributed by atoms with Crippen LogP contribution in [0, 0.1) is 0 Å². The number of carbonyl (C=O) groups excluding carboxylic acids is 1. The molecule has 2 N–H and O–H groups in total. The Morgan fingerprint density at radius 2 is 1.93 bits per heavy atom. The summed E-state index contributed by atoms with van der Waals surface area (Å²) < 4.78 is 3.24. The molecule has 0 saturated carbocycles. The van der Waals surface area contributed by atoms with E-state index in [2.05, 4.69) is 20.5 Å². The Bertz CT molecular complexity index is 1120. The minimum absolute atomic E-state index is 0.283. The fraction of sp³-hybridized carbons (Fsp3) is 0.200. The monoisotopic (exact) mass is 376 g/mol. The van der Waals surface area contributed by atoms with Gasteiger partial charge in [0, 0.05) is 18.0 Å². The van der Waals surface area contributed by atoms with Crippen molar-refractivity contribution in [3.05, 3.63) is 66.7 Å². The van der Waals surface area contributed by atoms with E-state index in [-0.39, 0.29) is 12.5 Å². The lowest BCUT2D eigenvalue weighted by Crippen LogP contribution is -2.27. The highest BCUT2D eigenvalue weighted by molar-refractivity contribution is 6.09. The van der Waals surface area contributed by atoms with Gasteiger partial charge in [0.05, 0.1) is 35.9 Å². The first-order valence-corrected chi connectivity index (χ1v) is 8.86. The lowest BCUT2D eigenvalue weighted by molar-refractivity contribution is 0.0583. The van der Waals surface area contributed by atoms with Crippen LogP contribution in [0.3, 0.4) is 0 Å². The predicted octanol–water partition coefficient (Wildman–Crippen LogP) is 2.62. The van der Waals surface area contributed by atoms with Crippen LogP contribution in [0.2, 0.25) is 0 Å². The van der Waals surface area contributed by atoms with E-state index in [1.54, 1.807) is 47.7 Å². The van der Waals surface area contributed by atoms with Gasteiger partial charge >= 0.3 is 0 Å². The van der Waals surface area contributed by atoms with Crippen LogP contribution in [0.4, 0.5) is 5.69 Å². The van der Waals surface area contributed by atoms with Crippen LogP contribution in [-0.2, 0) is 6.54 Å². The molecular formula is C20H20N6O2. The maximum absolute atomic E-state index is 12.9. The van der Waals surface area contributed by atoms with Crippen LogP contribution in [0.1, 0.15) is 24.2 Å². The molecule has 0 aliphatic rings. The standard InChI is InChI=1S/C20H20N6O2/c1-20(2,28)13-26-17(14-7-4-3-5-8-14)16(12-23-26)24-19(27)15-11-22-25-10-6-9-21-18(15)25/h3-12,28H,13H2,1-2H3,(H,24,27). The van der Waals surface area contributed by atoms with E-state index in [1.165, 1.54) is 6.20 Å². The molecule has 8 nitrogen and oxygen atoms in total. The van der Waals surface area contributed by atoms with Gasteiger partial charge in [-0.1, -0.05) is 30.3 Å². The van der Waals surface area contributed by atoms with Crippen LogP contribution in [0.5, 0.6) is 0 Å². The zero-order valence-electron chi connectivity index (χ0n) is 15.6. The van der Waals surface area contributed by atoms with E-state index < -0.39 is 5.60 Å². The molecule has 0 aliphatic carbocycles. The molecule has 0 aliphatic heterocycles. The number of nitrogens with zero attached hydrogens (tertiary/aromatic N) is 5. The number of amides is 1. The van der Waals surface area contributed by atoms with E-state index in [9.17, 15) is 9.90 Å². The molecule has 0 radical (unpaired) electrons. The number of benzene rings is 1. The van der Waals surface area contributed by atoms with Crippen molar-refractivity contribution in [2.45, 2.75) is 26.0 Å². The number of hydrogen-bond donors (Lipinski definition) is 2. The molecule has 4 aromatic rings. The number of rotatable bonds is 5. The first-order chi connectivity index (χ1) is 13.4. The highest BCUT2D eigenvalue weighted by Gasteiger charge is 2.22. The van der Waals surface area contributed by atoms with Gasteiger partial charge in [-0.2, -0.15) is 10.2 Å². The van der Waals surface area contributed by atoms with Crippen LogP contribution in [0.15, 0.2) is 61.2 Å². The third-order valence-electron chi connectivity index (χ3n) is 4.20. The van der Waals surface area contributed by atoms with E-state index in [1.807, 2.05) is 30.3 Å². The van der Waals surface area contributed by atoms with Crippen LogP contribution >= 0.6 is 0 Å². The molecule has 142 valence electrons. The van der Waals surface area contributed by atoms with Crippen molar-refractivity contribution in [2.75, 3.05) is 5.32 Å². The van der Waals surface area contributed by atoms with Gasteiger partial charge in [0.25, 0.3) is 5.91 Å². The van der Waals surface area contributed by atoms with Crippen molar-refractivity contribution in [3.8, 4) is 11.3 Å². The SMILES string of the molecule is CC(C)(O)Cn1ncc(NC(=O)c2cnn3cccnc23)c1-c1ccccc1. The molecule has 0 atom stereocenters. The summed E-state index contributed by atoms with van der Waals surface area (Å²) in [5, 5.41) is 21.7. The van der Waals surface area contributed by atoms with Crippen LogP contribution in [-0.4, -0.2) is 41.0 Å². The minimum Gasteiger partial charge on any atom is -0.389 e. The maximum Gasteiger partial charge on any atom is 0.261 e. The molecule has 0 fully saturated rings. The molecule has 8 heteroatoms. The van der Waals surface area contributed by atoms with Gasteiger partial charge in [0.2, 0.25) is 0 Å². The molecule has 1 amide bonds. The fourth-order valence-corrected chi connectivity index (χ4v) is 3.04. The van der Waals surface area contributed by atoms with Crippen molar-refractivity contribution in [3.63, 3.8) is 0 Å². The maximum atomic E-state index is 12.9. The predicted molar refractivity (Wildman–Crippen MR) is 105 cm³/mol. The van der Waals surface area contributed by atoms with Crippen LogP contribution < -0.4 is 5.32 Å². The summed E-state index contributed by atoms with van der Waals surface area (Å²) in [4.78, 5) is 17.1. The summed E-state index contributed by atoms with van der Waals surface area (Å²) in [5.41, 5.74) is 2.05. The largest absolute Gasteiger partial charge is 0.389 e. The number of hydrogen-bond acceptors (Lipinski definition) is 5. The number of aliphatic hydroxyl groups is 1. The molecule has 0 spiro atoms. The Labute approximate surface area is 161 Å². The molecule has 4 rings (SSSR count). The normalized spacial score (nSPS) is 11.7. The van der Waals surface area contributed by atoms with Crippen LogP contribution in [0.25, 0.3) is 16.9 Å². The van der Waals surface area contributed by atoms with Gasteiger partial charge in [0.1, 0.15) is 5.56 Å². The first-order valence-electron chi connectivity index (χ1n) is 8.86. The van der Waals surface area contributed by atoms with Crippen molar-refractivity contribution >= 4 is 17.2 Å². The summed E-state index contributed by atoms with van der Waals surface area (Å²) >= 11 is 0. The Morgan fingerprint density at radius 1 is 1.14 bits per heavy atom. The van der Waals surface area contributed by atoms with Gasteiger partial charge in [-0.25, -0.2) is 9.50 Å². The van der Waals surface area contributed by atoms with Gasteiger partial charge in [-0.05, 0) is 19.9 Å². The smallest absolute Gasteiger partial charge is 0.261 e. The summed E-state index contributed by atoms with van der Waals surface area (Å²) in [6, 6.07) is 11.4. The average molecular weight is 376 g/mol. The second kappa shape index (κ2) is 6.90. The molecule has 0 saturated heterocycles. The average Bonchev–Trinajstić information content (AvgIpc) is 3.25. The molecule has 28 heavy (non-hydrogen) atoms. The molecule has 3 aromatic heterocycles. The molecule has 0 unspecified atom stereocenters. The Morgan fingerprint density at radius 3 is 2.68 bits per heavy atom. The first kappa shape index (κ1) is 17.9. The Balaban J connectivity index is 1.72. The molecule has 0 bridgehead atoms. The fourth-order valence-electron chi connectivity index (χ4n) is 3.04. The third-order valence-corrected chi connectivity index (χ3v) is 4.20. The van der Waals surface area contributed by atoms with E-state index >= 15 is 0 Å². The van der Waals surface area contributed by atoms with E-state index in [0.717, 1.165) is 11.3 Å². The van der Waals surface area contributed by atoms with Crippen molar-refractivity contribution in [1.82, 2.24) is 24.4 Å². The number of carbonyl (C=O) groups is 1. The molecule has 3 heterocycles. The van der Waals surface area contributed by atoms with E-state index in [4.69, 9.17) is 0 Å². The minimum atomic E-state index is -0.955. The number of aromatic nitrogens is 5. The number of nitrogens with one attached hydrogen (secondary N) is 1. The molecular weight excluding hydrogens is 356 g/mol. The van der Waals surface area contributed by atoms with Gasteiger partial charge < -0.3 is 10.4 Å². The topological polar surface area (TPSA) is 97.3 Å². The second-order valence-corrected chi connectivity index (χ2v) is 7.14. The molecule has 1 aromatic carbocycles. The van der Waals surface area contributed by atoms with Gasteiger partial charge in [-0.3, -0.25) is 9.48 Å². The van der Waals surface area contributed by atoms with Gasteiger partial charge in [-0.15, -0.1) is 0 Å². The highest BCUT2D eigenvalue weighted by atomic mass is 16.3.